The summed E-state index contributed by atoms with van der Waals surface area (Å²) in [4.78, 5) is 29.2. The number of anilines is 2. The normalized spacial score (nSPS) is 13.5. The number of hydrogen-bond acceptors (Lipinski definition) is 4. The number of benzene rings is 3. The first-order chi connectivity index (χ1) is 17.0. The van der Waals surface area contributed by atoms with Crippen LogP contribution in [0.3, 0.4) is 0 Å². The minimum absolute atomic E-state index is 0.183. The van der Waals surface area contributed by atoms with Gasteiger partial charge in [-0.25, -0.2) is 9.18 Å². The second kappa shape index (κ2) is 10.9. The van der Waals surface area contributed by atoms with E-state index >= 15 is 0 Å². The molecule has 1 saturated heterocycles. The van der Waals surface area contributed by atoms with Crippen molar-refractivity contribution in [2.75, 3.05) is 37.5 Å². The fraction of sp³-hybridized carbons (Fsp3) is 0.259. The standard InChI is InChI=1S/C27H28FN3O4/c1-34-22-11-8-19(9-12-22)16-26(32)29-21-10-13-25(35-2)24(17-21)31-15-5-14-30(27(31)33)18-20-6-3-4-7-23(20)28/h3-4,6-13,17H,5,14-16,18H2,1-2H3,(H,29,32). The first-order valence-electron chi connectivity index (χ1n) is 11.4. The summed E-state index contributed by atoms with van der Waals surface area (Å²) in [7, 11) is 3.13. The van der Waals surface area contributed by atoms with Gasteiger partial charge in [-0.15, -0.1) is 0 Å². The molecule has 0 atom stereocenters. The summed E-state index contributed by atoms with van der Waals surface area (Å²) >= 11 is 0. The molecule has 3 aromatic rings. The molecule has 7 nitrogen and oxygen atoms in total. The van der Waals surface area contributed by atoms with Crippen LogP contribution in [-0.2, 0) is 17.8 Å². The molecule has 0 saturated carbocycles. The van der Waals surface area contributed by atoms with Gasteiger partial charge in [-0.3, -0.25) is 9.69 Å². The Hall–Kier alpha value is -4.07. The van der Waals surface area contributed by atoms with Gasteiger partial charge in [-0.2, -0.15) is 0 Å². The second-order valence-corrected chi connectivity index (χ2v) is 8.26. The summed E-state index contributed by atoms with van der Waals surface area (Å²) in [5.74, 6) is 0.720. The SMILES string of the molecule is COc1ccc(CC(=O)Nc2ccc(OC)c(N3CCCN(Cc4ccccc4F)C3=O)c2)cc1. The molecule has 0 unspecified atom stereocenters. The van der Waals surface area contributed by atoms with E-state index in [0.29, 0.717) is 35.8 Å². The van der Waals surface area contributed by atoms with Gasteiger partial charge in [0.1, 0.15) is 17.3 Å². The van der Waals surface area contributed by atoms with Crippen LogP contribution in [0.25, 0.3) is 0 Å². The molecule has 1 N–H and O–H groups in total. The van der Waals surface area contributed by atoms with Crippen molar-refractivity contribution >= 4 is 23.3 Å². The van der Waals surface area contributed by atoms with Crippen molar-refractivity contribution in [1.29, 1.82) is 0 Å². The molecule has 35 heavy (non-hydrogen) atoms. The predicted octanol–water partition coefficient (Wildman–Crippen LogP) is 4.86. The Morgan fingerprint density at radius 1 is 1.00 bits per heavy atom. The number of methoxy groups -OCH3 is 2. The Kier molecular flexibility index (Phi) is 7.50. The largest absolute Gasteiger partial charge is 0.497 e. The van der Waals surface area contributed by atoms with Gasteiger partial charge < -0.3 is 19.7 Å². The van der Waals surface area contributed by atoms with Crippen LogP contribution in [0.5, 0.6) is 11.5 Å². The summed E-state index contributed by atoms with van der Waals surface area (Å²) < 4.78 is 24.8. The van der Waals surface area contributed by atoms with E-state index in [1.807, 2.05) is 24.3 Å². The molecule has 3 aromatic carbocycles. The summed E-state index contributed by atoms with van der Waals surface area (Å²) in [6, 6.07) is 18.7. The van der Waals surface area contributed by atoms with Crippen LogP contribution < -0.4 is 19.7 Å². The highest BCUT2D eigenvalue weighted by Gasteiger charge is 2.29. The zero-order chi connectivity index (χ0) is 24.8. The van der Waals surface area contributed by atoms with E-state index in [2.05, 4.69) is 5.32 Å². The summed E-state index contributed by atoms with van der Waals surface area (Å²) in [6.07, 6.45) is 0.918. The van der Waals surface area contributed by atoms with Crippen molar-refractivity contribution in [2.24, 2.45) is 0 Å². The molecule has 3 amide bonds. The van der Waals surface area contributed by atoms with E-state index in [1.54, 1.807) is 53.3 Å². The van der Waals surface area contributed by atoms with Gasteiger partial charge in [0.25, 0.3) is 0 Å². The van der Waals surface area contributed by atoms with Crippen molar-refractivity contribution in [3.8, 4) is 11.5 Å². The van der Waals surface area contributed by atoms with Crippen LogP contribution in [0.1, 0.15) is 17.5 Å². The number of carbonyl (C=O) groups excluding carboxylic acids is 2. The van der Waals surface area contributed by atoms with Gasteiger partial charge in [0, 0.05) is 24.3 Å². The van der Waals surface area contributed by atoms with E-state index < -0.39 is 0 Å². The summed E-state index contributed by atoms with van der Waals surface area (Å²) in [5.41, 5.74) is 2.43. The third-order valence-electron chi connectivity index (χ3n) is 5.91. The van der Waals surface area contributed by atoms with Crippen molar-refractivity contribution in [3.63, 3.8) is 0 Å². The average molecular weight is 478 g/mol. The van der Waals surface area contributed by atoms with E-state index in [9.17, 15) is 14.0 Å². The van der Waals surface area contributed by atoms with Gasteiger partial charge in [0.15, 0.2) is 0 Å². The number of hydrogen-bond donors (Lipinski definition) is 1. The fourth-order valence-corrected chi connectivity index (χ4v) is 4.10. The van der Waals surface area contributed by atoms with Crippen LogP contribution in [0, 0.1) is 5.82 Å². The quantitative estimate of drug-likeness (QED) is 0.503. The summed E-state index contributed by atoms with van der Waals surface area (Å²) in [5, 5.41) is 2.90. The highest BCUT2D eigenvalue weighted by molar-refractivity contribution is 5.97. The number of nitrogens with zero attached hydrogens (tertiary/aromatic N) is 2. The maximum atomic E-state index is 14.2. The van der Waals surface area contributed by atoms with Crippen molar-refractivity contribution in [2.45, 2.75) is 19.4 Å². The maximum Gasteiger partial charge on any atom is 0.324 e. The molecule has 182 valence electrons. The number of ether oxygens (including phenoxy) is 2. The van der Waals surface area contributed by atoms with Crippen LogP contribution in [-0.4, -0.2) is 44.1 Å². The lowest BCUT2D eigenvalue weighted by molar-refractivity contribution is -0.115. The number of carbonyl (C=O) groups is 2. The number of amides is 3. The van der Waals surface area contributed by atoms with Gasteiger partial charge in [-0.05, 0) is 48.4 Å². The third kappa shape index (κ3) is 5.71. The van der Waals surface area contributed by atoms with Crippen molar-refractivity contribution < 1.29 is 23.5 Å². The van der Waals surface area contributed by atoms with Gasteiger partial charge >= 0.3 is 6.03 Å². The van der Waals surface area contributed by atoms with Crippen LogP contribution in [0.15, 0.2) is 66.7 Å². The lowest BCUT2D eigenvalue weighted by Gasteiger charge is -2.36. The van der Waals surface area contributed by atoms with Crippen LogP contribution >= 0.6 is 0 Å². The molecule has 0 bridgehead atoms. The first kappa shape index (κ1) is 24.1. The topological polar surface area (TPSA) is 71.1 Å². The number of halogens is 1. The minimum atomic E-state index is -0.337. The number of urea groups is 1. The van der Waals surface area contributed by atoms with E-state index in [0.717, 1.165) is 17.7 Å². The maximum absolute atomic E-state index is 14.2. The molecule has 0 spiro atoms. The molecule has 1 fully saturated rings. The highest BCUT2D eigenvalue weighted by Crippen LogP contribution is 2.34. The first-order valence-corrected chi connectivity index (χ1v) is 11.4. The third-order valence-corrected chi connectivity index (χ3v) is 5.91. The van der Waals surface area contributed by atoms with E-state index in [4.69, 9.17) is 9.47 Å². The molecule has 1 heterocycles. The summed E-state index contributed by atoms with van der Waals surface area (Å²) in [6.45, 7) is 1.21. The van der Waals surface area contributed by atoms with Gasteiger partial charge in [-0.1, -0.05) is 30.3 Å². The van der Waals surface area contributed by atoms with E-state index in [-0.39, 0.29) is 30.7 Å². The molecule has 0 radical (unpaired) electrons. The Morgan fingerprint density at radius 3 is 2.49 bits per heavy atom. The van der Waals surface area contributed by atoms with Crippen molar-refractivity contribution in [1.82, 2.24) is 4.90 Å². The zero-order valence-corrected chi connectivity index (χ0v) is 19.8. The Balaban J connectivity index is 1.49. The molecule has 0 aliphatic carbocycles. The number of nitrogens with one attached hydrogen (secondary N) is 1. The molecule has 1 aliphatic rings. The molecule has 0 aromatic heterocycles. The lowest BCUT2D eigenvalue weighted by atomic mass is 10.1. The predicted molar refractivity (Wildman–Crippen MR) is 132 cm³/mol. The van der Waals surface area contributed by atoms with Crippen molar-refractivity contribution in [3.05, 3.63) is 83.7 Å². The zero-order valence-electron chi connectivity index (χ0n) is 19.8. The Morgan fingerprint density at radius 2 is 1.77 bits per heavy atom. The molecule has 4 rings (SSSR count). The Labute approximate surface area is 204 Å². The van der Waals surface area contributed by atoms with Crippen LogP contribution in [0.4, 0.5) is 20.6 Å². The molecule has 8 heteroatoms. The molecular weight excluding hydrogens is 449 g/mol. The lowest BCUT2D eigenvalue weighted by Crippen LogP contribution is -2.49. The second-order valence-electron chi connectivity index (χ2n) is 8.26. The van der Waals surface area contributed by atoms with E-state index in [1.165, 1.54) is 13.2 Å². The minimum Gasteiger partial charge on any atom is -0.497 e. The highest BCUT2D eigenvalue weighted by atomic mass is 19.1. The molecular formula is C27H28FN3O4. The monoisotopic (exact) mass is 477 g/mol. The number of rotatable bonds is 8. The Bertz CT molecular complexity index is 1200. The van der Waals surface area contributed by atoms with Gasteiger partial charge in [0.2, 0.25) is 5.91 Å². The molecule has 1 aliphatic heterocycles. The van der Waals surface area contributed by atoms with Gasteiger partial charge in [0.05, 0.1) is 32.9 Å². The fourth-order valence-electron chi connectivity index (χ4n) is 4.10. The smallest absolute Gasteiger partial charge is 0.324 e. The van der Waals surface area contributed by atoms with Crippen LogP contribution in [0.2, 0.25) is 0 Å². The average Bonchev–Trinajstić information content (AvgIpc) is 2.87.